The van der Waals surface area contributed by atoms with Crippen molar-refractivity contribution in [3.8, 4) is 0 Å². The van der Waals surface area contributed by atoms with E-state index in [0.29, 0.717) is 29.8 Å². The summed E-state index contributed by atoms with van der Waals surface area (Å²) in [6.45, 7) is 6.55. The molecular weight excluding hydrogens is 284 g/mol. The highest BCUT2D eigenvalue weighted by Gasteiger charge is 2.57. The SMILES string of the molecule is CC(=O)[C@H]1CC[C@H]2C3=CCC4=CC(=O)CC[C@@]4(C)[C@@H]3CC[C@]12C. The fourth-order valence-corrected chi connectivity index (χ4v) is 6.53. The Bertz CT molecular complexity index is 640. The standard InChI is InChI=1S/C21H28O2/c1-13(22)17-6-7-18-16-5-4-14-12-15(23)8-10-20(14,2)19(16)9-11-21(17,18)3/h5,12,17-19H,4,6-11H2,1-3H3/t17-,18+,19-,20-,21-/m1/s1. The Kier molecular flexibility index (Phi) is 3.28. The van der Waals surface area contributed by atoms with Crippen molar-refractivity contribution >= 4 is 11.6 Å². The average molecular weight is 312 g/mol. The van der Waals surface area contributed by atoms with E-state index >= 15 is 0 Å². The Hall–Kier alpha value is -1.18. The number of Topliss-reactive ketones (excluding diaryl/α,β-unsaturated/α-hetero) is 1. The number of rotatable bonds is 1. The second-order valence-electron chi connectivity index (χ2n) is 8.85. The zero-order valence-electron chi connectivity index (χ0n) is 14.7. The molecule has 4 aliphatic rings. The predicted molar refractivity (Wildman–Crippen MR) is 90.9 cm³/mol. The zero-order chi connectivity index (χ0) is 16.4. The van der Waals surface area contributed by atoms with Gasteiger partial charge in [-0.2, -0.15) is 0 Å². The van der Waals surface area contributed by atoms with E-state index in [1.54, 1.807) is 12.5 Å². The number of carbonyl (C=O) groups is 2. The van der Waals surface area contributed by atoms with Crippen molar-refractivity contribution in [1.82, 2.24) is 0 Å². The summed E-state index contributed by atoms with van der Waals surface area (Å²) in [6.07, 6.45) is 11.6. The van der Waals surface area contributed by atoms with Gasteiger partial charge in [0, 0.05) is 12.3 Å². The van der Waals surface area contributed by atoms with Crippen LogP contribution in [0.25, 0.3) is 0 Å². The van der Waals surface area contributed by atoms with Crippen LogP contribution in [0.1, 0.15) is 65.7 Å². The molecule has 23 heavy (non-hydrogen) atoms. The maximum atomic E-state index is 12.1. The van der Waals surface area contributed by atoms with Gasteiger partial charge in [-0.3, -0.25) is 9.59 Å². The van der Waals surface area contributed by atoms with Gasteiger partial charge in [0.15, 0.2) is 5.78 Å². The molecule has 2 fully saturated rings. The Balaban J connectivity index is 1.73. The van der Waals surface area contributed by atoms with Crippen molar-refractivity contribution in [2.75, 3.05) is 0 Å². The van der Waals surface area contributed by atoms with E-state index in [9.17, 15) is 9.59 Å². The molecule has 0 unspecified atom stereocenters. The Morgan fingerprint density at radius 1 is 1.13 bits per heavy atom. The molecule has 0 bridgehead atoms. The third-order valence-electron chi connectivity index (χ3n) is 7.89. The molecule has 2 heteroatoms. The topological polar surface area (TPSA) is 34.1 Å². The van der Waals surface area contributed by atoms with Crippen molar-refractivity contribution in [3.05, 3.63) is 23.3 Å². The summed E-state index contributed by atoms with van der Waals surface area (Å²) in [5.41, 5.74) is 3.37. The van der Waals surface area contributed by atoms with Crippen molar-refractivity contribution < 1.29 is 9.59 Å². The molecule has 0 heterocycles. The molecule has 0 aromatic heterocycles. The lowest BCUT2D eigenvalue weighted by molar-refractivity contribution is -0.125. The lowest BCUT2D eigenvalue weighted by Gasteiger charge is -2.54. The quantitative estimate of drug-likeness (QED) is 0.661. The molecule has 124 valence electrons. The van der Waals surface area contributed by atoms with Gasteiger partial charge >= 0.3 is 0 Å². The van der Waals surface area contributed by atoms with Gasteiger partial charge in [-0.05, 0) is 74.2 Å². The van der Waals surface area contributed by atoms with Gasteiger partial charge in [0.05, 0.1) is 0 Å². The minimum Gasteiger partial charge on any atom is -0.300 e. The van der Waals surface area contributed by atoms with Gasteiger partial charge in [0.25, 0.3) is 0 Å². The minimum atomic E-state index is 0.177. The van der Waals surface area contributed by atoms with Crippen LogP contribution in [-0.2, 0) is 9.59 Å². The van der Waals surface area contributed by atoms with E-state index in [1.807, 2.05) is 6.08 Å². The molecule has 2 saturated carbocycles. The maximum Gasteiger partial charge on any atom is 0.155 e. The smallest absolute Gasteiger partial charge is 0.155 e. The lowest BCUT2D eigenvalue weighted by atomic mass is 9.50. The van der Waals surface area contributed by atoms with Gasteiger partial charge in [-0.15, -0.1) is 0 Å². The van der Waals surface area contributed by atoms with E-state index < -0.39 is 0 Å². The molecule has 0 aromatic rings. The summed E-state index contributed by atoms with van der Waals surface area (Å²) in [4.78, 5) is 24.0. The highest BCUT2D eigenvalue weighted by molar-refractivity contribution is 5.91. The summed E-state index contributed by atoms with van der Waals surface area (Å²) in [6, 6.07) is 0. The van der Waals surface area contributed by atoms with Crippen LogP contribution in [-0.4, -0.2) is 11.6 Å². The Morgan fingerprint density at radius 3 is 2.65 bits per heavy atom. The number of allylic oxidation sites excluding steroid dienone is 4. The summed E-state index contributed by atoms with van der Waals surface area (Å²) in [5, 5.41) is 0. The van der Waals surface area contributed by atoms with Gasteiger partial charge in [-0.25, -0.2) is 0 Å². The third kappa shape index (κ3) is 1.99. The first-order valence-electron chi connectivity index (χ1n) is 9.30. The molecule has 2 nitrogen and oxygen atoms in total. The first-order chi connectivity index (χ1) is 10.9. The van der Waals surface area contributed by atoms with Gasteiger partial charge < -0.3 is 0 Å². The second kappa shape index (κ2) is 4.91. The third-order valence-corrected chi connectivity index (χ3v) is 7.89. The van der Waals surface area contributed by atoms with Gasteiger partial charge in [-0.1, -0.05) is 31.1 Å². The Labute approximate surface area is 139 Å². The number of hydrogen-bond donors (Lipinski definition) is 0. The van der Waals surface area contributed by atoms with Crippen LogP contribution in [0.5, 0.6) is 0 Å². The van der Waals surface area contributed by atoms with Crippen molar-refractivity contribution in [1.29, 1.82) is 0 Å². The number of hydrogen-bond acceptors (Lipinski definition) is 2. The molecule has 5 atom stereocenters. The average Bonchev–Trinajstić information content (AvgIpc) is 2.85. The van der Waals surface area contributed by atoms with E-state index in [1.165, 1.54) is 24.8 Å². The number of carbonyl (C=O) groups excluding carboxylic acids is 2. The van der Waals surface area contributed by atoms with Crippen LogP contribution < -0.4 is 0 Å². The molecule has 0 saturated heterocycles. The summed E-state index contributed by atoms with van der Waals surface area (Å²) in [5.74, 6) is 2.14. The fraction of sp³-hybridized carbons (Fsp3) is 0.714. The number of ketones is 2. The molecular formula is C21H28O2. The van der Waals surface area contributed by atoms with E-state index in [2.05, 4.69) is 19.9 Å². The molecule has 4 rings (SSSR count). The van der Waals surface area contributed by atoms with Crippen molar-refractivity contribution in [2.24, 2.45) is 28.6 Å². The van der Waals surface area contributed by atoms with Crippen molar-refractivity contribution in [3.63, 3.8) is 0 Å². The lowest BCUT2D eigenvalue weighted by Crippen LogP contribution is -2.46. The van der Waals surface area contributed by atoms with E-state index in [0.717, 1.165) is 19.3 Å². The number of fused-ring (bicyclic) bond motifs is 5. The normalized spacial score (nSPS) is 45.5. The van der Waals surface area contributed by atoms with Crippen molar-refractivity contribution in [2.45, 2.75) is 65.7 Å². The largest absolute Gasteiger partial charge is 0.300 e. The molecule has 0 amide bonds. The highest BCUT2D eigenvalue weighted by Crippen LogP contribution is 2.65. The fourth-order valence-electron chi connectivity index (χ4n) is 6.53. The van der Waals surface area contributed by atoms with Crippen LogP contribution >= 0.6 is 0 Å². The second-order valence-corrected chi connectivity index (χ2v) is 8.85. The molecule has 0 N–H and O–H groups in total. The van der Waals surface area contributed by atoms with E-state index in [4.69, 9.17) is 0 Å². The molecule has 0 spiro atoms. The predicted octanol–water partition coefficient (Wildman–Crippen LogP) is 4.64. The maximum absolute atomic E-state index is 12.1. The Morgan fingerprint density at radius 2 is 1.91 bits per heavy atom. The van der Waals surface area contributed by atoms with Crippen LogP contribution in [0.2, 0.25) is 0 Å². The van der Waals surface area contributed by atoms with Gasteiger partial charge in [0.1, 0.15) is 5.78 Å². The van der Waals surface area contributed by atoms with Crippen LogP contribution in [0.15, 0.2) is 23.3 Å². The van der Waals surface area contributed by atoms with Gasteiger partial charge in [0.2, 0.25) is 0 Å². The minimum absolute atomic E-state index is 0.177. The molecule has 0 aliphatic heterocycles. The zero-order valence-corrected chi connectivity index (χ0v) is 14.7. The monoisotopic (exact) mass is 312 g/mol. The van der Waals surface area contributed by atoms with Crippen LogP contribution in [0, 0.1) is 28.6 Å². The summed E-state index contributed by atoms with van der Waals surface area (Å²) in [7, 11) is 0. The van der Waals surface area contributed by atoms with Crippen LogP contribution in [0.4, 0.5) is 0 Å². The summed E-state index contributed by atoms with van der Waals surface area (Å²) < 4.78 is 0. The first-order valence-corrected chi connectivity index (χ1v) is 9.30. The molecule has 0 radical (unpaired) electrons. The first kappa shape index (κ1) is 15.4. The molecule has 0 aromatic carbocycles. The van der Waals surface area contributed by atoms with Crippen LogP contribution in [0.3, 0.4) is 0 Å². The summed E-state index contributed by atoms with van der Waals surface area (Å²) >= 11 is 0. The van der Waals surface area contributed by atoms with E-state index in [-0.39, 0.29) is 16.7 Å². The molecule has 4 aliphatic carbocycles. The highest BCUT2D eigenvalue weighted by atomic mass is 16.1.